The molecular formula is C26H30N6O5. The Hall–Kier alpha value is -4.12. The average molecular weight is 507 g/mol. The maximum atomic E-state index is 13.2. The summed E-state index contributed by atoms with van der Waals surface area (Å²) in [6, 6.07) is 10.7. The van der Waals surface area contributed by atoms with Gasteiger partial charge in [0.2, 0.25) is 0 Å². The first-order chi connectivity index (χ1) is 18.0. The molecule has 1 aromatic carbocycles. The molecule has 2 N–H and O–H groups in total. The number of nitrogens with one attached hydrogen (secondary N) is 1. The van der Waals surface area contributed by atoms with Crippen molar-refractivity contribution in [3.8, 4) is 11.8 Å². The van der Waals surface area contributed by atoms with Crippen molar-refractivity contribution in [3.63, 3.8) is 0 Å². The van der Waals surface area contributed by atoms with Crippen LogP contribution in [0.15, 0.2) is 54.0 Å². The minimum atomic E-state index is -0.316. The van der Waals surface area contributed by atoms with Crippen molar-refractivity contribution in [2.45, 2.75) is 51.0 Å². The fourth-order valence-corrected chi connectivity index (χ4v) is 4.24. The van der Waals surface area contributed by atoms with E-state index in [1.807, 2.05) is 24.3 Å². The summed E-state index contributed by atoms with van der Waals surface area (Å²) < 4.78 is 10.9. The van der Waals surface area contributed by atoms with E-state index in [2.05, 4.69) is 25.4 Å². The third kappa shape index (κ3) is 6.76. The van der Waals surface area contributed by atoms with Gasteiger partial charge in [0, 0.05) is 32.0 Å². The number of aliphatic hydroxyl groups excluding tert-OH is 1. The SMILES string of the molecule is COc1ccc(CN(C)c2nc(OCc3ccccn3)ncc2C(=O)NC2CCC(O)CC2)cc1N=O. The summed E-state index contributed by atoms with van der Waals surface area (Å²) in [5.74, 6) is 0.451. The minimum absolute atomic E-state index is 0.0306. The summed E-state index contributed by atoms with van der Waals surface area (Å²) in [6.45, 7) is 0.506. The van der Waals surface area contributed by atoms with Crippen LogP contribution in [-0.4, -0.2) is 52.3 Å². The van der Waals surface area contributed by atoms with E-state index in [1.165, 1.54) is 13.3 Å². The van der Waals surface area contributed by atoms with Crippen molar-refractivity contribution < 1.29 is 19.4 Å². The van der Waals surface area contributed by atoms with Gasteiger partial charge in [0.15, 0.2) is 0 Å². The fraction of sp³-hybridized carbons (Fsp3) is 0.385. The van der Waals surface area contributed by atoms with Gasteiger partial charge in [-0.3, -0.25) is 9.78 Å². The van der Waals surface area contributed by atoms with Crippen LogP contribution in [-0.2, 0) is 13.2 Å². The Kier molecular flexibility index (Phi) is 8.57. The molecule has 194 valence electrons. The molecule has 0 atom stereocenters. The Morgan fingerprint density at radius 2 is 2.00 bits per heavy atom. The zero-order valence-corrected chi connectivity index (χ0v) is 20.8. The van der Waals surface area contributed by atoms with E-state index in [1.54, 1.807) is 30.3 Å². The van der Waals surface area contributed by atoms with Gasteiger partial charge in [-0.2, -0.15) is 4.98 Å². The molecule has 0 radical (unpaired) electrons. The summed E-state index contributed by atoms with van der Waals surface area (Å²) in [5, 5.41) is 15.9. The number of hydrogen-bond donors (Lipinski definition) is 2. The molecule has 0 aliphatic heterocycles. The first kappa shape index (κ1) is 26.0. The number of rotatable bonds is 10. The van der Waals surface area contributed by atoms with Crippen LogP contribution in [0.4, 0.5) is 11.5 Å². The number of pyridine rings is 1. The van der Waals surface area contributed by atoms with Crippen LogP contribution in [0.25, 0.3) is 0 Å². The Balaban J connectivity index is 1.57. The number of hydrogen-bond acceptors (Lipinski definition) is 10. The molecule has 2 heterocycles. The molecule has 37 heavy (non-hydrogen) atoms. The highest BCUT2D eigenvalue weighted by Gasteiger charge is 2.25. The number of nitrogens with zero attached hydrogens (tertiary/aromatic N) is 5. The summed E-state index contributed by atoms with van der Waals surface area (Å²) in [6.07, 6.45) is 5.52. The zero-order chi connectivity index (χ0) is 26.2. The Morgan fingerprint density at radius 1 is 1.19 bits per heavy atom. The molecule has 3 aromatic rings. The molecule has 0 unspecified atom stereocenters. The molecular weight excluding hydrogens is 476 g/mol. The Labute approximate surface area is 214 Å². The van der Waals surface area contributed by atoms with Crippen molar-refractivity contribution in [2.24, 2.45) is 5.18 Å². The highest BCUT2D eigenvalue weighted by atomic mass is 16.5. The van der Waals surface area contributed by atoms with E-state index >= 15 is 0 Å². The first-order valence-corrected chi connectivity index (χ1v) is 12.1. The van der Waals surface area contributed by atoms with Gasteiger partial charge in [0.05, 0.1) is 18.9 Å². The van der Waals surface area contributed by atoms with E-state index in [4.69, 9.17) is 9.47 Å². The van der Waals surface area contributed by atoms with E-state index < -0.39 is 0 Å². The first-order valence-electron chi connectivity index (χ1n) is 12.1. The van der Waals surface area contributed by atoms with Crippen molar-refractivity contribution in [3.05, 3.63) is 70.5 Å². The number of aliphatic hydroxyl groups is 1. The topological polar surface area (TPSA) is 139 Å². The molecule has 2 aromatic heterocycles. The molecule has 11 nitrogen and oxygen atoms in total. The zero-order valence-electron chi connectivity index (χ0n) is 20.8. The third-order valence-corrected chi connectivity index (χ3v) is 6.22. The number of carbonyl (C=O) groups excluding carboxylic acids is 1. The number of methoxy groups -OCH3 is 1. The lowest BCUT2D eigenvalue weighted by Gasteiger charge is -2.27. The number of amides is 1. The number of benzene rings is 1. The molecule has 0 spiro atoms. The van der Waals surface area contributed by atoms with Gasteiger partial charge in [-0.05, 0) is 60.7 Å². The van der Waals surface area contributed by atoms with Crippen LogP contribution in [0.2, 0.25) is 0 Å². The molecule has 4 rings (SSSR count). The lowest BCUT2D eigenvalue weighted by Crippen LogP contribution is -2.39. The predicted octanol–water partition coefficient (Wildman–Crippen LogP) is 3.53. The molecule has 0 saturated heterocycles. The van der Waals surface area contributed by atoms with Crippen LogP contribution in [0, 0.1) is 4.91 Å². The summed E-state index contributed by atoms with van der Waals surface area (Å²) >= 11 is 0. The second kappa shape index (κ2) is 12.2. The molecule has 1 saturated carbocycles. The van der Waals surface area contributed by atoms with Crippen molar-refractivity contribution in [1.29, 1.82) is 0 Å². The fourth-order valence-electron chi connectivity index (χ4n) is 4.24. The van der Waals surface area contributed by atoms with Gasteiger partial charge in [-0.1, -0.05) is 12.1 Å². The van der Waals surface area contributed by atoms with Crippen LogP contribution in [0.5, 0.6) is 11.8 Å². The van der Waals surface area contributed by atoms with Gasteiger partial charge in [0.25, 0.3) is 5.91 Å². The molecule has 1 aliphatic rings. The summed E-state index contributed by atoms with van der Waals surface area (Å²) in [5.41, 5.74) is 1.98. The average Bonchev–Trinajstić information content (AvgIpc) is 2.93. The quantitative estimate of drug-likeness (QED) is 0.395. The van der Waals surface area contributed by atoms with Gasteiger partial charge in [-0.25, -0.2) is 4.98 Å². The number of ether oxygens (including phenoxy) is 2. The Bertz CT molecular complexity index is 1220. The van der Waals surface area contributed by atoms with E-state index in [0.717, 1.165) is 11.3 Å². The van der Waals surface area contributed by atoms with Crippen molar-refractivity contribution >= 4 is 17.4 Å². The normalized spacial score (nSPS) is 17.1. The molecule has 11 heteroatoms. The van der Waals surface area contributed by atoms with Gasteiger partial charge < -0.3 is 24.8 Å². The predicted molar refractivity (Wildman–Crippen MR) is 137 cm³/mol. The van der Waals surface area contributed by atoms with Crippen LogP contribution in [0.3, 0.4) is 0 Å². The smallest absolute Gasteiger partial charge is 0.318 e. The van der Waals surface area contributed by atoms with Gasteiger partial charge in [0.1, 0.15) is 29.4 Å². The van der Waals surface area contributed by atoms with Crippen LogP contribution >= 0.6 is 0 Å². The lowest BCUT2D eigenvalue weighted by atomic mass is 9.93. The van der Waals surface area contributed by atoms with Gasteiger partial charge >= 0.3 is 6.01 Å². The largest absolute Gasteiger partial charge is 0.494 e. The highest BCUT2D eigenvalue weighted by Crippen LogP contribution is 2.30. The molecule has 1 aliphatic carbocycles. The van der Waals surface area contributed by atoms with Gasteiger partial charge in [-0.15, -0.1) is 4.91 Å². The third-order valence-electron chi connectivity index (χ3n) is 6.22. The Morgan fingerprint density at radius 3 is 2.70 bits per heavy atom. The standard InChI is InChI=1S/C26H30N6O5/c1-32(15-17-6-11-23(36-2)22(13-17)31-35)24-21(25(34)29-18-7-9-20(33)10-8-18)14-28-26(30-24)37-16-19-5-3-4-12-27-19/h3-6,11-14,18,20,33H,7-10,15-16H2,1-2H3,(H,29,34). The van der Waals surface area contributed by atoms with Crippen LogP contribution < -0.4 is 19.7 Å². The minimum Gasteiger partial charge on any atom is -0.494 e. The summed E-state index contributed by atoms with van der Waals surface area (Å²) in [7, 11) is 3.26. The number of nitroso groups, excluding NO2 is 1. The molecule has 0 bridgehead atoms. The van der Waals surface area contributed by atoms with Crippen LogP contribution in [0.1, 0.15) is 47.3 Å². The summed E-state index contributed by atoms with van der Waals surface area (Å²) in [4.78, 5) is 39.3. The maximum absolute atomic E-state index is 13.2. The highest BCUT2D eigenvalue weighted by molar-refractivity contribution is 5.98. The number of carbonyl (C=O) groups is 1. The van der Waals surface area contributed by atoms with E-state index in [9.17, 15) is 14.8 Å². The number of anilines is 1. The van der Waals surface area contributed by atoms with Crippen molar-refractivity contribution in [1.82, 2.24) is 20.3 Å². The number of aromatic nitrogens is 3. The van der Waals surface area contributed by atoms with E-state index in [0.29, 0.717) is 49.4 Å². The monoisotopic (exact) mass is 506 g/mol. The molecule has 1 fully saturated rings. The van der Waals surface area contributed by atoms with E-state index in [-0.39, 0.29) is 36.4 Å². The second-order valence-corrected chi connectivity index (χ2v) is 8.93. The second-order valence-electron chi connectivity index (χ2n) is 8.93. The molecule has 1 amide bonds. The maximum Gasteiger partial charge on any atom is 0.318 e. The van der Waals surface area contributed by atoms with Crippen molar-refractivity contribution in [2.75, 3.05) is 19.1 Å². The lowest BCUT2D eigenvalue weighted by molar-refractivity contribution is 0.0867.